The van der Waals surface area contributed by atoms with Crippen LogP contribution in [-0.2, 0) is 38.5 Å². The van der Waals surface area contributed by atoms with E-state index in [4.69, 9.17) is 9.47 Å². The van der Waals surface area contributed by atoms with Gasteiger partial charge in [-0.2, -0.15) is 0 Å². The van der Waals surface area contributed by atoms with E-state index in [9.17, 15) is 9.59 Å². The van der Waals surface area contributed by atoms with E-state index in [0.29, 0.717) is 12.8 Å². The van der Waals surface area contributed by atoms with Crippen molar-refractivity contribution in [3.63, 3.8) is 0 Å². The summed E-state index contributed by atoms with van der Waals surface area (Å²) < 4.78 is 10.7. The number of ether oxygens (including phenoxy) is 2. The maximum absolute atomic E-state index is 13.0. The van der Waals surface area contributed by atoms with Crippen molar-refractivity contribution in [3.05, 3.63) is 107 Å². The molecular formula is C31H37NO4. The van der Waals surface area contributed by atoms with Crippen molar-refractivity contribution >= 4 is 11.9 Å². The number of methoxy groups -OCH3 is 1. The smallest absolute Gasteiger partial charge is 0.323 e. The van der Waals surface area contributed by atoms with E-state index in [1.807, 2.05) is 56.3 Å². The summed E-state index contributed by atoms with van der Waals surface area (Å²) >= 11 is 0. The molecule has 5 heteroatoms. The molecule has 190 valence electrons. The highest BCUT2D eigenvalue weighted by Crippen LogP contribution is 2.16. The van der Waals surface area contributed by atoms with Crippen LogP contribution >= 0.6 is 0 Å². The first-order valence-electron chi connectivity index (χ1n) is 12.5. The fourth-order valence-corrected chi connectivity index (χ4v) is 4.17. The molecule has 1 N–H and O–H groups in total. The second kappa shape index (κ2) is 13.6. The summed E-state index contributed by atoms with van der Waals surface area (Å²) in [6, 6.07) is 25.0. The Morgan fingerprint density at radius 2 is 1.44 bits per heavy atom. The van der Waals surface area contributed by atoms with Gasteiger partial charge in [-0.05, 0) is 54.4 Å². The summed E-state index contributed by atoms with van der Waals surface area (Å²) in [6.45, 7) is 6.36. The monoisotopic (exact) mass is 487 g/mol. The van der Waals surface area contributed by atoms with Crippen LogP contribution in [0.25, 0.3) is 0 Å². The van der Waals surface area contributed by atoms with Crippen LogP contribution in [0.5, 0.6) is 0 Å². The van der Waals surface area contributed by atoms with E-state index in [1.54, 1.807) is 0 Å². The molecule has 0 aliphatic heterocycles. The number of hydrogen-bond acceptors (Lipinski definition) is 5. The zero-order valence-electron chi connectivity index (χ0n) is 21.7. The molecule has 5 nitrogen and oxygen atoms in total. The molecule has 0 bridgehead atoms. The number of carbonyl (C=O) groups is 2. The van der Waals surface area contributed by atoms with E-state index in [0.717, 1.165) is 17.5 Å². The first-order valence-corrected chi connectivity index (χ1v) is 12.5. The molecule has 3 rings (SSSR count). The summed E-state index contributed by atoms with van der Waals surface area (Å²) in [6.07, 6.45) is 1.77. The minimum absolute atomic E-state index is 0.194. The van der Waals surface area contributed by atoms with E-state index in [1.165, 1.54) is 23.8 Å². The van der Waals surface area contributed by atoms with E-state index < -0.39 is 18.1 Å². The fraction of sp³-hybridized carbons (Fsp3) is 0.355. The summed E-state index contributed by atoms with van der Waals surface area (Å²) in [7, 11) is 1.37. The zero-order chi connectivity index (χ0) is 25.9. The van der Waals surface area contributed by atoms with Crippen LogP contribution in [0.15, 0.2) is 78.9 Å². The van der Waals surface area contributed by atoms with Crippen molar-refractivity contribution < 1.29 is 19.1 Å². The molecule has 0 aliphatic rings. The third kappa shape index (κ3) is 8.65. The highest BCUT2D eigenvalue weighted by atomic mass is 16.5. The van der Waals surface area contributed by atoms with Gasteiger partial charge in [-0.1, -0.05) is 98.3 Å². The zero-order valence-corrected chi connectivity index (χ0v) is 21.7. The number of benzene rings is 3. The van der Waals surface area contributed by atoms with Crippen molar-refractivity contribution in [3.8, 4) is 0 Å². The number of carbonyl (C=O) groups excluding carboxylic acids is 2. The molecule has 36 heavy (non-hydrogen) atoms. The SMILES string of the molecule is COC(=O)C(Cc1cccc(Cc2ccc(C)cc2)c1)N[C@@H](CC(C)C)C(=O)OCc1ccccc1. The van der Waals surface area contributed by atoms with Gasteiger partial charge in [0.1, 0.15) is 18.7 Å². The summed E-state index contributed by atoms with van der Waals surface area (Å²) in [5.41, 5.74) is 5.56. The van der Waals surface area contributed by atoms with Crippen LogP contribution in [-0.4, -0.2) is 31.1 Å². The molecule has 3 aromatic carbocycles. The van der Waals surface area contributed by atoms with E-state index in [2.05, 4.69) is 48.6 Å². The predicted octanol–water partition coefficient (Wildman–Crippen LogP) is 5.42. The van der Waals surface area contributed by atoms with Crippen molar-refractivity contribution in [1.29, 1.82) is 0 Å². The molecule has 0 saturated carbocycles. The standard InChI is InChI=1S/C31H37NO4/c1-22(2)17-28(31(34)36-21-25-9-6-5-7-10-25)32-29(30(33)35-4)20-27-12-8-11-26(19-27)18-24-15-13-23(3)14-16-24/h5-16,19,22,28-29,32H,17-18,20-21H2,1-4H3/t28-,29?/m0/s1. The van der Waals surface area contributed by atoms with Crippen LogP contribution < -0.4 is 5.32 Å². The third-order valence-corrected chi connectivity index (χ3v) is 6.06. The minimum atomic E-state index is -0.669. The Morgan fingerprint density at radius 3 is 2.11 bits per heavy atom. The molecule has 3 aromatic rings. The maximum Gasteiger partial charge on any atom is 0.323 e. The topological polar surface area (TPSA) is 64.6 Å². The number of rotatable bonds is 12. The van der Waals surface area contributed by atoms with Crippen LogP contribution in [0.2, 0.25) is 0 Å². The van der Waals surface area contributed by atoms with E-state index >= 15 is 0 Å². The lowest BCUT2D eigenvalue weighted by molar-refractivity contribution is -0.149. The van der Waals surface area contributed by atoms with Crippen molar-refractivity contribution in [2.75, 3.05) is 7.11 Å². The Bertz CT molecular complexity index is 1110. The Labute approximate surface area is 214 Å². The quantitative estimate of drug-likeness (QED) is 0.346. The average molecular weight is 488 g/mol. The molecule has 0 aliphatic carbocycles. The molecule has 0 fully saturated rings. The molecule has 0 radical (unpaired) electrons. The number of esters is 2. The lowest BCUT2D eigenvalue weighted by Crippen LogP contribution is -2.49. The summed E-state index contributed by atoms with van der Waals surface area (Å²) in [5.74, 6) is -0.527. The first-order chi connectivity index (χ1) is 17.3. The maximum atomic E-state index is 13.0. The van der Waals surface area contributed by atoms with Gasteiger partial charge >= 0.3 is 11.9 Å². The average Bonchev–Trinajstić information content (AvgIpc) is 2.88. The molecular weight excluding hydrogens is 450 g/mol. The molecule has 0 heterocycles. The van der Waals surface area contributed by atoms with Gasteiger partial charge in [-0.3, -0.25) is 14.9 Å². The van der Waals surface area contributed by atoms with Gasteiger partial charge in [-0.25, -0.2) is 0 Å². The van der Waals surface area contributed by atoms with Crippen LogP contribution in [0.4, 0.5) is 0 Å². The summed E-state index contributed by atoms with van der Waals surface area (Å²) in [5, 5.41) is 3.25. The van der Waals surface area contributed by atoms with Gasteiger partial charge in [-0.15, -0.1) is 0 Å². The largest absolute Gasteiger partial charge is 0.468 e. The Balaban J connectivity index is 1.71. The lowest BCUT2D eigenvalue weighted by atomic mass is 9.97. The Kier molecular flexibility index (Phi) is 10.3. The van der Waals surface area contributed by atoms with Gasteiger partial charge < -0.3 is 9.47 Å². The highest BCUT2D eigenvalue weighted by Gasteiger charge is 2.29. The van der Waals surface area contributed by atoms with E-state index in [-0.39, 0.29) is 18.5 Å². The van der Waals surface area contributed by atoms with Gasteiger partial charge in [0.15, 0.2) is 0 Å². The van der Waals surface area contributed by atoms with Crippen LogP contribution in [0.1, 0.15) is 48.1 Å². The lowest BCUT2D eigenvalue weighted by Gasteiger charge is -2.24. The molecule has 0 aromatic heterocycles. The Hall–Kier alpha value is -3.44. The molecule has 0 spiro atoms. The van der Waals surface area contributed by atoms with Gasteiger partial charge in [0.05, 0.1) is 7.11 Å². The number of aryl methyl sites for hydroxylation is 1. The van der Waals surface area contributed by atoms with Crippen LogP contribution in [0, 0.1) is 12.8 Å². The van der Waals surface area contributed by atoms with Gasteiger partial charge in [0.25, 0.3) is 0 Å². The van der Waals surface area contributed by atoms with Gasteiger partial charge in [0, 0.05) is 0 Å². The number of nitrogens with one attached hydrogen (secondary N) is 1. The molecule has 0 saturated heterocycles. The Morgan fingerprint density at radius 1 is 0.778 bits per heavy atom. The molecule has 1 unspecified atom stereocenters. The fourth-order valence-electron chi connectivity index (χ4n) is 4.17. The second-order valence-corrected chi connectivity index (χ2v) is 9.70. The normalized spacial score (nSPS) is 12.7. The predicted molar refractivity (Wildman–Crippen MR) is 143 cm³/mol. The minimum Gasteiger partial charge on any atom is -0.468 e. The van der Waals surface area contributed by atoms with Crippen molar-refractivity contribution in [1.82, 2.24) is 5.32 Å². The van der Waals surface area contributed by atoms with Crippen LogP contribution in [0.3, 0.4) is 0 Å². The van der Waals surface area contributed by atoms with Crippen molar-refractivity contribution in [2.45, 2.75) is 58.7 Å². The third-order valence-electron chi connectivity index (χ3n) is 6.06. The first kappa shape index (κ1) is 27.2. The molecule has 0 amide bonds. The van der Waals surface area contributed by atoms with Gasteiger partial charge in [0.2, 0.25) is 0 Å². The molecule has 2 atom stereocenters. The number of hydrogen-bond donors (Lipinski definition) is 1. The highest BCUT2D eigenvalue weighted by molar-refractivity contribution is 5.80. The van der Waals surface area contributed by atoms with Crippen molar-refractivity contribution in [2.24, 2.45) is 5.92 Å². The summed E-state index contributed by atoms with van der Waals surface area (Å²) in [4.78, 5) is 25.7. The second-order valence-electron chi connectivity index (χ2n) is 9.70.